The molecule has 0 atom stereocenters. The fourth-order valence-corrected chi connectivity index (χ4v) is 3.39. The van der Waals surface area contributed by atoms with Crippen molar-refractivity contribution in [2.45, 2.75) is 19.8 Å². The van der Waals surface area contributed by atoms with E-state index in [1.165, 1.54) is 16.9 Å². The zero-order valence-electron chi connectivity index (χ0n) is 15.5. The molecule has 1 heterocycles. The largest absolute Gasteiger partial charge is 0.484 e. The topological polar surface area (TPSA) is 94.3 Å². The van der Waals surface area contributed by atoms with Crippen molar-refractivity contribution in [3.63, 3.8) is 0 Å². The lowest BCUT2D eigenvalue weighted by atomic mass is 10.1. The van der Waals surface area contributed by atoms with Crippen LogP contribution in [0.5, 0.6) is 5.75 Å². The number of anilines is 1. The van der Waals surface area contributed by atoms with Gasteiger partial charge in [-0.15, -0.1) is 11.3 Å². The molecule has 3 N–H and O–H groups in total. The van der Waals surface area contributed by atoms with Gasteiger partial charge in [-0.25, -0.2) is 4.98 Å². The smallest absolute Gasteiger partial charge is 0.255 e. The summed E-state index contributed by atoms with van der Waals surface area (Å²) in [7, 11) is 0. The maximum absolute atomic E-state index is 12.3. The molecule has 0 aliphatic rings. The molecular formula is C21H21N3O3S. The Morgan fingerprint density at radius 3 is 2.46 bits per heavy atom. The average molecular weight is 395 g/mol. The van der Waals surface area contributed by atoms with Crippen LogP contribution in [0.15, 0.2) is 53.9 Å². The zero-order chi connectivity index (χ0) is 19.9. The second kappa shape index (κ2) is 9.14. The van der Waals surface area contributed by atoms with Gasteiger partial charge in [0.25, 0.3) is 5.91 Å². The van der Waals surface area contributed by atoms with Crippen LogP contribution in [0.25, 0.3) is 10.6 Å². The summed E-state index contributed by atoms with van der Waals surface area (Å²) >= 11 is 1.53. The molecule has 3 rings (SSSR count). The first kappa shape index (κ1) is 19.6. The van der Waals surface area contributed by atoms with Gasteiger partial charge in [-0.3, -0.25) is 9.59 Å². The molecule has 3 aromatic rings. The van der Waals surface area contributed by atoms with Crippen molar-refractivity contribution in [3.8, 4) is 16.3 Å². The summed E-state index contributed by atoms with van der Waals surface area (Å²) in [6, 6.07) is 15.1. The van der Waals surface area contributed by atoms with Crippen LogP contribution in [0.1, 0.15) is 18.2 Å². The van der Waals surface area contributed by atoms with Gasteiger partial charge in [0.2, 0.25) is 5.91 Å². The van der Waals surface area contributed by atoms with Crippen molar-refractivity contribution in [1.29, 1.82) is 0 Å². The lowest BCUT2D eigenvalue weighted by molar-refractivity contribution is -0.120. The first-order valence-electron chi connectivity index (χ1n) is 8.88. The van der Waals surface area contributed by atoms with Gasteiger partial charge in [-0.1, -0.05) is 31.2 Å². The van der Waals surface area contributed by atoms with Crippen LogP contribution in [0.4, 0.5) is 5.69 Å². The number of ether oxygens (including phenoxy) is 1. The minimum atomic E-state index is -0.540. The van der Waals surface area contributed by atoms with E-state index in [1.54, 1.807) is 24.3 Å². The third-order valence-electron chi connectivity index (χ3n) is 4.02. The van der Waals surface area contributed by atoms with E-state index >= 15 is 0 Å². The minimum Gasteiger partial charge on any atom is -0.484 e. The summed E-state index contributed by atoms with van der Waals surface area (Å²) < 4.78 is 5.19. The fourth-order valence-electron chi connectivity index (χ4n) is 2.56. The molecule has 0 unspecified atom stereocenters. The van der Waals surface area contributed by atoms with Crippen molar-refractivity contribution in [3.05, 3.63) is 65.2 Å². The minimum absolute atomic E-state index is 0.149. The number of nitrogens with two attached hydrogens (primary N) is 1. The van der Waals surface area contributed by atoms with Crippen LogP contribution in [-0.4, -0.2) is 23.4 Å². The number of thiazole rings is 1. The SMILES string of the molecule is CCc1ccc(-c2nc(CC(=O)Nc3ccc(OCC(N)=O)cc3)cs2)cc1. The molecule has 0 saturated heterocycles. The molecule has 0 saturated carbocycles. The molecule has 7 heteroatoms. The molecule has 0 aliphatic carbocycles. The van der Waals surface area contributed by atoms with Gasteiger partial charge in [0.15, 0.2) is 6.61 Å². The van der Waals surface area contributed by atoms with Crippen molar-refractivity contribution in [1.82, 2.24) is 4.98 Å². The standard InChI is InChI=1S/C21H21N3O3S/c1-2-14-3-5-15(6-4-14)21-24-17(13-28-21)11-20(26)23-16-7-9-18(10-8-16)27-12-19(22)25/h3-10,13H,2,11-12H2,1H3,(H2,22,25)(H,23,26). The van der Waals surface area contributed by atoms with E-state index in [0.717, 1.165) is 22.7 Å². The van der Waals surface area contributed by atoms with Gasteiger partial charge in [0.1, 0.15) is 10.8 Å². The number of aryl methyl sites for hydroxylation is 1. The van der Waals surface area contributed by atoms with E-state index in [-0.39, 0.29) is 18.9 Å². The molecule has 2 aromatic carbocycles. The van der Waals surface area contributed by atoms with Crippen LogP contribution in [0, 0.1) is 0 Å². The van der Waals surface area contributed by atoms with Crippen LogP contribution >= 0.6 is 11.3 Å². The molecular weight excluding hydrogens is 374 g/mol. The maximum Gasteiger partial charge on any atom is 0.255 e. The molecule has 144 valence electrons. The van der Waals surface area contributed by atoms with Gasteiger partial charge in [-0.2, -0.15) is 0 Å². The summed E-state index contributed by atoms with van der Waals surface area (Å²) in [4.78, 5) is 27.6. The molecule has 0 fully saturated rings. The predicted octanol–water partition coefficient (Wildman–Crippen LogP) is 3.42. The Balaban J connectivity index is 1.56. The van der Waals surface area contributed by atoms with E-state index in [0.29, 0.717) is 11.4 Å². The number of hydrogen-bond acceptors (Lipinski definition) is 5. The fraction of sp³-hybridized carbons (Fsp3) is 0.190. The molecule has 0 spiro atoms. The van der Waals surface area contributed by atoms with Crippen LogP contribution in [0.2, 0.25) is 0 Å². The van der Waals surface area contributed by atoms with E-state index < -0.39 is 5.91 Å². The van der Waals surface area contributed by atoms with Crippen LogP contribution in [0.3, 0.4) is 0 Å². The van der Waals surface area contributed by atoms with Gasteiger partial charge in [-0.05, 0) is 36.2 Å². The first-order valence-corrected chi connectivity index (χ1v) is 9.76. The number of nitrogens with zero attached hydrogens (tertiary/aromatic N) is 1. The molecule has 0 bridgehead atoms. The highest BCUT2D eigenvalue weighted by molar-refractivity contribution is 7.13. The Labute approximate surface area is 167 Å². The van der Waals surface area contributed by atoms with E-state index in [1.807, 2.05) is 5.38 Å². The number of hydrogen-bond donors (Lipinski definition) is 2. The van der Waals surface area contributed by atoms with E-state index in [9.17, 15) is 9.59 Å². The Hall–Kier alpha value is -3.19. The van der Waals surface area contributed by atoms with Crippen LogP contribution in [-0.2, 0) is 22.4 Å². The van der Waals surface area contributed by atoms with Gasteiger partial charge >= 0.3 is 0 Å². The average Bonchev–Trinajstić information content (AvgIpc) is 3.15. The second-order valence-corrected chi connectivity index (χ2v) is 7.06. The molecule has 2 amide bonds. The molecule has 0 aliphatic heterocycles. The Bertz CT molecular complexity index is 950. The van der Waals surface area contributed by atoms with Crippen molar-refractivity contribution >= 4 is 28.8 Å². The lowest BCUT2D eigenvalue weighted by Gasteiger charge is -2.06. The van der Waals surface area contributed by atoms with E-state index in [2.05, 4.69) is 41.5 Å². The number of carbonyl (C=O) groups is 2. The van der Waals surface area contributed by atoms with Crippen molar-refractivity contribution in [2.75, 3.05) is 11.9 Å². The van der Waals surface area contributed by atoms with Gasteiger partial charge in [0.05, 0.1) is 12.1 Å². The number of rotatable bonds is 8. The highest BCUT2D eigenvalue weighted by Gasteiger charge is 2.10. The predicted molar refractivity (Wildman–Crippen MR) is 110 cm³/mol. The quantitative estimate of drug-likeness (QED) is 0.611. The highest BCUT2D eigenvalue weighted by atomic mass is 32.1. The third kappa shape index (κ3) is 5.40. The Morgan fingerprint density at radius 2 is 1.82 bits per heavy atom. The van der Waals surface area contributed by atoms with Crippen molar-refractivity contribution in [2.24, 2.45) is 5.73 Å². The van der Waals surface area contributed by atoms with E-state index in [4.69, 9.17) is 10.5 Å². The summed E-state index contributed by atoms with van der Waals surface area (Å²) in [6.07, 6.45) is 1.20. The molecule has 28 heavy (non-hydrogen) atoms. The van der Waals surface area contributed by atoms with Gasteiger partial charge in [0, 0.05) is 16.6 Å². The number of primary amides is 1. The molecule has 0 radical (unpaired) electrons. The number of benzene rings is 2. The summed E-state index contributed by atoms with van der Waals surface area (Å²) in [5.74, 6) is -0.180. The number of nitrogens with one attached hydrogen (secondary N) is 1. The Morgan fingerprint density at radius 1 is 1.11 bits per heavy atom. The number of amides is 2. The molecule has 1 aromatic heterocycles. The highest BCUT2D eigenvalue weighted by Crippen LogP contribution is 2.24. The monoisotopic (exact) mass is 395 g/mol. The second-order valence-electron chi connectivity index (χ2n) is 6.20. The summed E-state index contributed by atoms with van der Waals surface area (Å²) in [5, 5.41) is 5.64. The summed E-state index contributed by atoms with van der Waals surface area (Å²) in [5.41, 5.74) is 8.75. The third-order valence-corrected chi connectivity index (χ3v) is 4.96. The number of aromatic nitrogens is 1. The van der Waals surface area contributed by atoms with Crippen molar-refractivity contribution < 1.29 is 14.3 Å². The first-order chi connectivity index (χ1) is 13.5. The normalized spacial score (nSPS) is 10.5. The summed E-state index contributed by atoms with van der Waals surface area (Å²) in [6.45, 7) is 1.94. The van der Waals surface area contributed by atoms with Gasteiger partial charge < -0.3 is 15.8 Å². The van der Waals surface area contributed by atoms with Crippen LogP contribution < -0.4 is 15.8 Å². The lowest BCUT2D eigenvalue weighted by Crippen LogP contribution is -2.20. The maximum atomic E-state index is 12.3. The Kier molecular flexibility index (Phi) is 6.39. The molecule has 6 nitrogen and oxygen atoms in total. The zero-order valence-corrected chi connectivity index (χ0v) is 16.3. The number of carbonyl (C=O) groups excluding carboxylic acids is 2.